The Kier molecular flexibility index (Phi) is 5.90. The van der Waals surface area contributed by atoms with Gasteiger partial charge in [-0.05, 0) is 37.1 Å². The summed E-state index contributed by atoms with van der Waals surface area (Å²) in [5.41, 5.74) is 8.52. The molecule has 0 radical (unpaired) electrons. The molecule has 6 nitrogen and oxygen atoms in total. The molecule has 0 spiro atoms. The fraction of sp³-hybridized carbons (Fsp3) is 0.227. The number of aromatic nitrogens is 1. The molecule has 2 N–H and O–H groups in total. The van der Waals surface area contributed by atoms with Crippen LogP contribution in [0.15, 0.2) is 59.7 Å². The van der Waals surface area contributed by atoms with E-state index >= 15 is 0 Å². The smallest absolute Gasteiger partial charge is 0.338 e. The highest BCUT2D eigenvalue weighted by molar-refractivity contribution is 6.30. The van der Waals surface area contributed by atoms with E-state index in [0.717, 1.165) is 22.9 Å². The average Bonchev–Trinajstić information content (AvgIpc) is 2.70. The lowest BCUT2D eigenvalue weighted by Gasteiger charge is -2.27. The number of rotatable bonds is 5. The van der Waals surface area contributed by atoms with Gasteiger partial charge in [0.05, 0.1) is 17.0 Å². The quantitative estimate of drug-likeness (QED) is 0.450. The maximum atomic E-state index is 12.8. The zero-order valence-corrected chi connectivity index (χ0v) is 16.9. The van der Waals surface area contributed by atoms with Crippen molar-refractivity contribution in [1.82, 2.24) is 4.98 Å². The predicted octanol–water partition coefficient (Wildman–Crippen LogP) is 4.26. The molecule has 1 aliphatic heterocycles. The molecule has 0 amide bonds. The number of esters is 1. The van der Waals surface area contributed by atoms with Crippen LogP contribution in [0.5, 0.6) is 0 Å². The van der Waals surface area contributed by atoms with Crippen molar-refractivity contribution < 1.29 is 14.3 Å². The monoisotopic (exact) mass is 409 g/mol. The van der Waals surface area contributed by atoms with Gasteiger partial charge in [0, 0.05) is 10.9 Å². The molecule has 148 valence electrons. The number of hydrogen-bond acceptors (Lipinski definition) is 6. The summed E-state index contributed by atoms with van der Waals surface area (Å²) in [4.78, 5) is 17.2. The van der Waals surface area contributed by atoms with Crippen molar-refractivity contribution in [1.29, 1.82) is 5.26 Å². The third kappa shape index (κ3) is 3.82. The first-order chi connectivity index (χ1) is 13.9. The van der Waals surface area contributed by atoms with Gasteiger partial charge in [-0.1, -0.05) is 37.2 Å². The van der Waals surface area contributed by atoms with E-state index in [1.807, 2.05) is 30.3 Å². The average molecular weight is 410 g/mol. The molecule has 2 aromatic rings. The van der Waals surface area contributed by atoms with E-state index < -0.39 is 11.9 Å². The van der Waals surface area contributed by atoms with Gasteiger partial charge in [0.25, 0.3) is 0 Å². The summed E-state index contributed by atoms with van der Waals surface area (Å²) in [7, 11) is 0. The largest absolute Gasteiger partial charge is 0.458 e. The molecule has 0 saturated heterocycles. The van der Waals surface area contributed by atoms with Crippen molar-refractivity contribution in [3.05, 3.63) is 76.0 Å². The minimum Gasteiger partial charge on any atom is -0.458 e. The van der Waals surface area contributed by atoms with Crippen LogP contribution in [0.3, 0.4) is 0 Å². The molecule has 1 atom stereocenters. The lowest BCUT2D eigenvalue weighted by molar-refractivity contribution is -0.138. The Balaban J connectivity index is 2.23. The Bertz CT molecular complexity index is 1110. The predicted molar refractivity (Wildman–Crippen MR) is 111 cm³/mol. The zero-order chi connectivity index (χ0) is 21.1. The van der Waals surface area contributed by atoms with Crippen molar-refractivity contribution in [3.8, 4) is 6.07 Å². The fourth-order valence-corrected chi connectivity index (χ4v) is 3.57. The zero-order valence-electron chi connectivity index (χ0n) is 16.2. The Morgan fingerprint density at radius 2 is 2.24 bits per heavy atom. The van der Waals surface area contributed by atoms with Gasteiger partial charge >= 0.3 is 5.97 Å². The van der Waals surface area contributed by atoms with E-state index in [4.69, 9.17) is 26.8 Å². The first-order valence-electron chi connectivity index (χ1n) is 9.06. The van der Waals surface area contributed by atoms with Gasteiger partial charge in [-0.2, -0.15) is 5.26 Å². The van der Waals surface area contributed by atoms with Crippen molar-refractivity contribution in [2.45, 2.75) is 26.2 Å². The van der Waals surface area contributed by atoms with Gasteiger partial charge in [0.1, 0.15) is 29.2 Å². The molecule has 1 aliphatic rings. The number of aryl methyl sites for hydroxylation is 1. The molecule has 2 heterocycles. The highest BCUT2D eigenvalue weighted by atomic mass is 35.5. The maximum absolute atomic E-state index is 12.8. The summed E-state index contributed by atoms with van der Waals surface area (Å²) < 4.78 is 10.7. The number of halogens is 1. The van der Waals surface area contributed by atoms with Gasteiger partial charge in [0.15, 0.2) is 0 Å². The summed E-state index contributed by atoms with van der Waals surface area (Å²) in [5.74, 6) is -1.31. The van der Waals surface area contributed by atoms with Crippen molar-refractivity contribution in [2.24, 2.45) is 5.73 Å². The number of carbonyl (C=O) groups is 1. The van der Waals surface area contributed by atoms with Gasteiger partial charge in [-0.25, -0.2) is 9.78 Å². The SMILES string of the molecule is C=CCOC(=O)C1=C(C)OC(N)=C(C#N)[C@@H]1c1cc2cc(CC)ccc2nc1Cl. The summed E-state index contributed by atoms with van der Waals surface area (Å²) in [6, 6.07) is 9.76. The highest BCUT2D eigenvalue weighted by Gasteiger charge is 2.37. The molecule has 7 heteroatoms. The summed E-state index contributed by atoms with van der Waals surface area (Å²) in [6.07, 6.45) is 2.32. The molecule has 0 fully saturated rings. The van der Waals surface area contributed by atoms with Crippen molar-refractivity contribution in [2.75, 3.05) is 6.61 Å². The highest BCUT2D eigenvalue weighted by Crippen LogP contribution is 2.42. The van der Waals surface area contributed by atoms with E-state index in [-0.39, 0.29) is 34.5 Å². The number of carbonyl (C=O) groups excluding carboxylic acids is 1. The van der Waals surface area contributed by atoms with Crippen LogP contribution in [0, 0.1) is 11.3 Å². The molecule has 0 saturated carbocycles. The third-order valence-electron chi connectivity index (χ3n) is 4.74. The van der Waals surface area contributed by atoms with Gasteiger partial charge < -0.3 is 15.2 Å². The van der Waals surface area contributed by atoms with E-state index in [1.54, 1.807) is 6.92 Å². The summed E-state index contributed by atoms with van der Waals surface area (Å²) >= 11 is 6.49. The van der Waals surface area contributed by atoms with Crippen molar-refractivity contribution in [3.63, 3.8) is 0 Å². The van der Waals surface area contributed by atoms with Crippen LogP contribution in [0.2, 0.25) is 5.15 Å². The van der Waals surface area contributed by atoms with Gasteiger partial charge in [-0.15, -0.1) is 0 Å². The number of nitrogens with two attached hydrogens (primary N) is 1. The lowest BCUT2D eigenvalue weighted by Crippen LogP contribution is -2.26. The first-order valence-corrected chi connectivity index (χ1v) is 9.44. The van der Waals surface area contributed by atoms with Crippen LogP contribution in [0.1, 0.15) is 30.9 Å². The second kappa shape index (κ2) is 8.38. The molecular weight excluding hydrogens is 390 g/mol. The molecule has 3 rings (SSSR count). The minimum atomic E-state index is -0.847. The lowest BCUT2D eigenvalue weighted by atomic mass is 9.83. The summed E-state index contributed by atoms with van der Waals surface area (Å²) in [5, 5.41) is 10.7. The van der Waals surface area contributed by atoms with Crippen LogP contribution >= 0.6 is 11.6 Å². The number of nitriles is 1. The molecule has 29 heavy (non-hydrogen) atoms. The first kappa shape index (κ1) is 20.4. The van der Waals surface area contributed by atoms with E-state index in [0.29, 0.717) is 5.56 Å². The number of hydrogen-bond donors (Lipinski definition) is 1. The van der Waals surface area contributed by atoms with Gasteiger partial charge in [-0.3, -0.25) is 0 Å². The van der Waals surface area contributed by atoms with Gasteiger partial charge in [0.2, 0.25) is 5.88 Å². The normalized spacial score (nSPS) is 16.4. The van der Waals surface area contributed by atoms with Crippen LogP contribution in [0.4, 0.5) is 0 Å². The Morgan fingerprint density at radius 3 is 2.90 bits per heavy atom. The molecule has 0 aliphatic carbocycles. The molecule has 0 bridgehead atoms. The third-order valence-corrected chi connectivity index (χ3v) is 5.04. The standard InChI is InChI=1S/C22H20ClN3O3/c1-4-8-28-22(27)18-12(3)29-21(25)16(11-24)19(18)15-10-14-9-13(5-2)6-7-17(14)26-20(15)23/h4,6-7,9-10,19H,1,5,8,25H2,2-3H3/t19-/m0/s1. The maximum Gasteiger partial charge on any atom is 0.338 e. The Labute approximate surface area is 173 Å². The van der Waals surface area contributed by atoms with E-state index in [2.05, 4.69) is 18.5 Å². The Hall–Kier alpha value is -3.30. The van der Waals surface area contributed by atoms with Crippen LogP contribution in [-0.4, -0.2) is 17.6 Å². The van der Waals surface area contributed by atoms with E-state index in [1.165, 1.54) is 6.08 Å². The second-order valence-electron chi connectivity index (χ2n) is 6.53. The van der Waals surface area contributed by atoms with E-state index in [9.17, 15) is 10.1 Å². The molecular formula is C22H20ClN3O3. The van der Waals surface area contributed by atoms with Crippen molar-refractivity contribution >= 4 is 28.5 Å². The van der Waals surface area contributed by atoms with Crippen LogP contribution < -0.4 is 5.73 Å². The van der Waals surface area contributed by atoms with Crippen LogP contribution in [0.25, 0.3) is 10.9 Å². The summed E-state index contributed by atoms with van der Waals surface area (Å²) in [6.45, 7) is 7.22. The minimum absolute atomic E-state index is 0.0208. The fourth-order valence-electron chi connectivity index (χ4n) is 3.31. The number of benzene rings is 1. The number of fused-ring (bicyclic) bond motifs is 1. The second-order valence-corrected chi connectivity index (χ2v) is 6.89. The number of pyridine rings is 1. The topological polar surface area (TPSA) is 98.2 Å². The molecule has 0 unspecified atom stereocenters. The number of nitrogens with zero attached hydrogens (tertiary/aromatic N) is 2. The Morgan fingerprint density at radius 1 is 1.48 bits per heavy atom. The number of allylic oxidation sites excluding steroid dienone is 2. The molecule has 1 aromatic heterocycles. The number of ether oxygens (including phenoxy) is 2. The van der Waals surface area contributed by atoms with Crippen LogP contribution in [-0.2, 0) is 20.7 Å². The molecule has 1 aromatic carbocycles.